The van der Waals surface area contributed by atoms with Crippen LogP contribution in [0.5, 0.6) is 0 Å². The molecule has 2 aromatic rings. The zero-order valence-corrected chi connectivity index (χ0v) is 12.4. The van der Waals surface area contributed by atoms with Crippen LogP contribution in [0.3, 0.4) is 0 Å². The molecule has 0 nitrogen and oxygen atoms in total. The summed E-state index contributed by atoms with van der Waals surface area (Å²) in [5.41, 5.74) is 4.56. The molecule has 0 atom stereocenters. The molecule has 0 fully saturated rings. The van der Waals surface area contributed by atoms with Crippen LogP contribution in [-0.2, 0) is 0 Å². The Morgan fingerprint density at radius 3 is 1.57 bits per heavy atom. The average molecular weight is 272 g/mol. The van der Waals surface area contributed by atoms with E-state index in [0.717, 1.165) is 11.1 Å². The molecule has 0 N–H and O–H groups in total. The van der Waals surface area contributed by atoms with E-state index in [1.54, 1.807) is 0 Å². The summed E-state index contributed by atoms with van der Waals surface area (Å²) >= 11 is 0. The maximum absolute atomic E-state index is 3.96. The van der Waals surface area contributed by atoms with Crippen LogP contribution >= 0.6 is 0 Å². The van der Waals surface area contributed by atoms with Gasteiger partial charge in [-0.15, -0.1) is 0 Å². The molecule has 0 aliphatic carbocycles. The number of rotatable bonds is 5. The molecule has 0 amide bonds. The Kier molecular flexibility index (Phi) is 5.54. The molecule has 2 rings (SSSR count). The molecule has 0 unspecified atom stereocenters. The van der Waals surface area contributed by atoms with Crippen molar-refractivity contribution in [2.75, 3.05) is 0 Å². The standard InChI is InChI=1S/C21H20/c1-18(2)17-21(15-13-19-9-5-3-6-10-19)16-14-20-11-7-4-8-12-20/h3-17H,1H2,2H3. The van der Waals surface area contributed by atoms with E-state index < -0.39 is 0 Å². The lowest BCUT2D eigenvalue weighted by atomic mass is 10.1. The van der Waals surface area contributed by atoms with E-state index in [0.29, 0.717) is 0 Å². The van der Waals surface area contributed by atoms with Crippen LogP contribution in [0.2, 0.25) is 0 Å². The monoisotopic (exact) mass is 272 g/mol. The van der Waals surface area contributed by atoms with Gasteiger partial charge in [-0.2, -0.15) is 0 Å². The van der Waals surface area contributed by atoms with Gasteiger partial charge in [0.05, 0.1) is 0 Å². The molecule has 0 radical (unpaired) electrons. The molecular weight excluding hydrogens is 252 g/mol. The summed E-state index contributed by atoms with van der Waals surface area (Å²) in [7, 11) is 0. The summed E-state index contributed by atoms with van der Waals surface area (Å²) in [4.78, 5) is 0. The van der Waals surface area contributed by atoms with Crippen molar-refractivity contribution in [3.63, 3.8) is 0 Å². The van der Waals surface area contributed by atoms with Crippen LogP contribution in [0.1, 0.15) is 18.1 Å². The van der Waals surface area contributed by atoms with Crippen molar-refractivity contribution in [2.24, 2.45) is 0 Å². The Morgan fingerprint density at radius 1 is 0.762 bits per heavy atom. The zero-order chi connectivity index (χ0) is 14.9. The second-order valence-corrected chi connectivity index (χ2v) is 4.98. The molecule has 21 heavy (non-hydrogen) atoms. The molecule has 2 aromatic carbocycles. The lowest BCUT2D eigenvalue weighted by Crippen LogP contribution is -1.76. The van der Waals surface area contributed by atoms with Crippen molar-refractivity contribution in [1.82, 2.24) is 0 Å². The van der Waals surface area contributed by atoms with Crippen LogP contribution in [0.15, 0.2) is 96.6 Å². The first-order valence-corrected chi connectivity index (χ1v) is 7.07. The molecule has 0 heterocycles. The molecule has 0 bridgehead atoms. The van der Waals surface area contributed by atoms with Crippen molar-refractivity contribution in [3.8, 4) is 0 Å². The average Bonchev–Trinajstić information content (AvgIpc) is 2.51. The SMILES string of the molecule is C=C(C)C=C(C=Cc1ccccc1)C=Cc1ccccc1. The van der Waals surface area contributed by atoms with E-state index in [9.17, 15) is 0 Å². The van der Waals surface area contributed by atoms with Crippen LogP contribution < -0.4 is 0 Å². The third-order valence-corrected chi connectivity index (χ3v) is 2.95. The van der Waals surface area contributed by atoms with Crippen molar-refractivity contribution in [3.05, 3.63) is 108 Å². The van der Waals surface area contributed by atoms with Gasteiger partial charge in [-0.25, -0.2) is 0 Å². The van der Waals surface area contributed by atoms with Crippen LogP contribution in [0.25, 0.3) is 12.2 Å². The summed E-state index contributed by atoms with van der Waals surface area (Å²) < 4.78 is 0. The third kappa shape index (κ3) is 5.50. The highest BCUT2D eigenvalue weighted by atomic mass is 14.0. The largest absolute Gasteiger partial charge is 0.0961 e. The van der Waals surface area contributed by atoms with E-state index in [1.165, 1.54) is 11.1 Å². The Morgan fingerprint density at radius 2 is 1.19 bits per heavy atom. The van der Waals surface area contributed by atoms with Gasteiger partial charge in [-0.05, 0) is 23.6 Å². The van der Waals surface area contributed by atoms with Crippen LogP contribution in [0.4, 0.5) is 0 Å². The molecule has 0 aliphatic heterocycles. The van der Waals surface area contributed by atoms with E-state index in [-0.39, 0.29) is 0 Å². The third-order valence-electron chi connectivity index (χ3n) is 2.95. The normalized spacial score (nSPS) is 10.9. The van der Waals surface area contributed by atoms with Crippen molar-refractivity contribution in [2.45, 2.75) is 6.92 Å². The second kappa shape index (κ2) is 7.86. The minimum absolute atomic E-state index is 1.04. The predicted molar refractivity (Wildman–Crippen MR) is 93.8 cm³/mol. The molecule has 0 aliphatic rings. The topological polar surface area (TPSA) is 0 Å². The molecule has 0 spiro atoms. The van der Waals surface area contributed by atoms with Gasteiger partial charge in [-0.1, -0.05) is 103 Å². The van der Waals surface area contributed by atoms with Gasteiger partial charge in [-0.3, -0.25) is 0 Å². The van der Waals surface area contributed by atoms with Crippen LogP contribution in [-0.4, -0.2) is 0 Å². The lowest BCUT2D eigenvalue weighted by Gasteiger charge is -1.97. The first-order chi connectivity index (χ1) is 10.2. The Hall–Kier alpha value is -2.60. The minimum Gasteiger partial charge on any atom is -0.0961 e. The summed E-state index contributed by atoms with van der Waals surface area (Å²) in [5.74, 6) is 0. The summed E-state index contributed by atoms with van der Waals surface area (Å²) in [6, 6.07) is 20.6. The van der Waals surface area contributed by atoms with Crippen molar-refractivity contribution < 1.29 is 0 Å². The molecule has 0 saturated carbocycles. The summed E-state index contributed by atoms with van der Waals surface area (Å²) in [5, 5.41) is 0. The maximum atomic E-state index is 3.96. The van der Waals surface area contributed by atoms with Gasteiger partial charge in [0.25, 0.3) is 0 Å². The number of hydrogen-bond acceptors (Lipinski definition) is 0. The zero-order valence-electron chi connectivity index (χ0n) is 12.4. The van der Waals surface area contributed by atoms with Crippen LogP contribution in [0, 0.1) is 0 Å². The summed E-state index contributed by atoms with van der Waals surface area (Å²) in [6.07, 6.45) is 10.5. The highest BCUT2D eigenvalue weighted by Gasteiger charge is 1.90. The number of hydrogen-bond donors (Lipinski definition) is 0. The molecule has 104 valence electrons. The van der Waals surface area contributed by atoms with E-state index >= 15 is 0 Å². The fraction of sp³-hybridized carbons (Fsp3) is 0.0476. The quantitative estimate of drug-likeness (QED) is 0.593. The van der Waals surface area contributed by atoms with E-state index in [2.05, 4.69) is 61.2 Å². The highest BCUT2D eigenvalue weighted by Crippen LogP contribution is 2.11. The van der Waals surface area contributed by atoms with E-state index in [4.69, 9.17) is 0 Å². The summed E-state index contributed by atoms with van der Waals surface area (Å²) in [6.45, 7) is 5.97. The van der Waals surface area contributed by atoms with Gasteiger partial charge in [0, 0.05) is 0 Å². The van der Waals surface area contributed by atoms with Crippen molar-refractivity contribution >= 4 is 12.2 Å². The first-order valence-electron chi connectivity index (χ1n) is 7.07. The fourth-order valence-electron chi connectivity index (χ4n) is 1.95. The highest BCUT2D eigenvalue weighted by molar-refractivity contribution is 5.60. The van der Waals surface area contributed by atoms with Gasteiger partial charge in [0.2, 0.25) is 0 Å². The molecular formula is C21H20. The van der Waals surface area contributed by atoms with Gasteiger partial charge >= 0.3 is 0 Å². The molecule has 0 aromatic heterocycles. The van der Waals surface area contributed by atoms with E-state index in [1.807, 2.05) is 43.3 Å². The fourth-order valence-corrected chi connectivity index (χ4v) is 1.95. The molecule has 0 saturated heterocycles. The molecule has 0 heteroatoms. The van der Waals surface area contributed by atoms with Crippen molar-refractivity contribution in [1.29, 1.82) is 0 Å². The Balaban J connectivity index is 2.18. The van der Waals surface area contributed by atoms with Gasteiger partial charge < -0.3 is 0 Å². The number of allylic oxidation sites excluding steroid dienone is 5. The number of benzene rings is 2. The van der Waals surface area contributed by atoms with Gasteiger partial charge in [0.1, 0.15) is 0 Å². The smallest absolute Gasteiger partial charge is 0.0254 e. The van der Waals surface area contributed by atoms with Gasteiger partial charge in [0.15, 0.2) is 0 Å². The Labute approximate surface area is 127 Å². The maximum Gasteiger partial charge on any atom is -0.0254 e. The Bertz CT molecular complexity index is 604. The lowest BCUT2D eigenvalue weighted by molar-refractivity contribution is 1.52. The first kappa shape index (κ1) is 14.8. The minimum atomic E-state index is 1.04. The predicted octanol–water partition coefficient (Wildman–Crippen LogP) is 5.92. The second-order valence-electron chi connectivity index (χ2n) is 4.98.